The Labute approximate surface area is 203 Å². The van der Waals surface area contributed by atoms with Crippen LogP contribution < -0.4 is 5.32 Å². The van der Waals surface area contributed by atoms with Gasteiger partial charge in [0.15, 0.2) is 0 Å². The van der Waals surface area contributed by atoms with E-state index in [0.717, 1.165) is 17.5 Å². The van der Waals surface area contributed by atoms with Crippen LogP contribution >= 0.6 is 0 Å². The van der Waals surface area contributed by atoms with E-state index in [2.05, 4.69) is 5.32 Å². The first kappa shape index (κ1) is 25.9. The molecule has 1 aliphatic heterocycles. The van der Waals surface area contributed by atoms with Gasteiger partial charge < -0.3 is 10.2 Å². The molecule has 1 unspecified atom stereocenters. The Hall–Kier alpha value is -2.71. The van der Waals surface area contributed by atoms with Crippen molar-refractivity contribution in [1.29, 1.82) is 0 Å². The van der Waals surface area contributed by atoms with Crippen LogP contribution in [0, 0.1) is 19.8 Å². The Balaban J connectivity index is 1.65. The van der Waals surface area contributed by atoms with Crippen molar-refractivity contribution in [3.8, 4) is 0 Å². The number of para-hydroxylation sites is 1. The summed E-state index contributed by atoms with van der Waals surface area (Å²) in [7, 11) is -3.60. The molecule has 3 rings (SSSR count). The van der Waals surface area contributed by atoms with Gasteiger partial charge in [-0.15, -0.1) is 0 Å². The van der Waals surface area contributed by atoms with E-state index in [0.29, 0.717) is 30.0 Å². The molecule has 0 bridgehead atoms. The van der Waals surface area contributed by atoms with E-state index in [1.807, 2.05) is 57.2 Å². The number of benzene rings is 2. The third kappa shape index (κ3) is 5.85. The van der Waals surface area contributed by atoms with E-state index in [1.54, 1.807) is 24.0 Å². The van der Waals surface area contributed by atoms with Crippen molar-refractivity contribution in [1.82, 2.24) is 9.21 Å². The first-order chi connectivity index (χ1) is 16.1. The summed E-state index contributed by atoms with van der Waals surface area (Å²) in [5.74, 6) is -0.617. The van der Waals surface area contributed by atoms with Gasteiger partial charge in [0.05, 0.1) is 4.90 Å². The third-order valence-electron chi connectivity index (χ3n) is 6.56. The van der Waals surface area contributed by atoms with Gasteiger partial charge in [-0.05, 0) is 75.4 Å². The van der Waals surface area contributed by atoms with Gasteiger partial charge >= 0.3 is 0 Å². The summed E-state index contributed by atoms with van der Waals surface area (Å²) in [5, 5.41) is 2.87. The van der Waals surface area contributed by atoms with Crippen molar-refractivity contribution in [2.45, 2.75) is 57.9 Å². The fourth-order valence-corrected chi connectivity index (χ4v) is 5.80. The number of piperidine rings is 1. The average Bonchev–Trinajstić information content (AvgIpc) is 2.84. The second-order valence-electron chi connectivity index (χ2n) is 8.99. The Morgan fingerprint density at radius 3 is 2.29 bits per heavy atom. The highest BCUT2D eigenvalue weighted by atomic mass is 32.2. The zero-order valence-corrected chi connectivity index (χ0v) is 21.3. The van der Waals surface area contributed by atoms with Gasteiger partial charge in [0.1, 0.15) is 6.04 Å². The highest BCUT2D eigenvalue weighted by molar-refractivity contribution is 7.89. The van der Waals surface area contributed by atoms with Crippen LogP contribution in [0.2, 0.25) is 0 Å². The zero-order valence-electron chi connectivity index (χ0n) is 20.5. The molecule has 34 heavy (non-hydrogen) atoms. The number of hydrogen-bond acceptors (Lipinski definition) is 4. The quantitative estimate of drug-likeness (QED) is 0.613. The molecule has 0 saturated carbocycles. The number of anilines is 1. The number of hydrogen-bond donors (Lipinski definition) is 1. The Bertz CT molecular complexity index is 1110. The topological polar surface area (TPSA) is 86.8 Å². The minimum absolute atomic E-state index is 0.0826. The van der Waals surface area contributed by atoms with Gasteiger partial charge in [0.2, 0.25) is 21.8 Å². The molecule has 0 aromatic heterocycles. The summed E-state index contributed by atoms with van der Waals surface area (Å²) in [6.45, 7) is 8.62. The lowest BCUT2D eigenvalue weighted by Gasteiger charge is -2.35. The summed E-state index contributed by atoms with van der Waals surface area (Å²) in [6.07, 6.45) is 1.61. The normalized spacial score (nSPS) is 16.1. The van der Waals surface area contributed by atoms with Gasteiger partial charge in [-0.2, -0.15) is 4.31 Å². The summed E-state index contributed by atoms with van der Waals surface area (Å²) < 4.78 is 27.7. The Kier molecular flexibility index (Phi) is 8.49. The van der Waals surface area contributed by atoms with Crippen LogP contribution in [0.25, 0.3) is 0 Å². The van der Waals surface area contributed by atoms with Crippen molar-refractivity contribution < 1.29 is 18.0 Å². The molecule has 2 aromatic carbocycles. The maximum absolute atomic E-state index is 13.4. The molecular formula is C26H35N3O4S. The number of nitrogens with one attached hydrogen (secondary N) is 1. The molecule has 184 valence electrons. The molecule has 0 spiro atoms. The van der Waals surface area contributed by atoms with E-state index in [9.17, 15) is 18.0 Å². The second kappa shape index (κ2) is 11.1. The number of carbonyl (C=O) groups excluding carboxylic acids is 2. The summed E-state index contributed by atoms with van der Waals surface area (Å²) >= 11 is 0. The lowest BCUT2D eigenvalue weighted by atomic mass is 9.95. The second-order valence-corrected chi connectivity index (χ2v) is 10.9. The first-order valence-electron chi connectivity index (χ1n) is 11.9. The number of aryl methyl sites for hydroxylation is 2. The predicted octanol–water partition coefficient (Wildman–Crippen LogP) is 3.97. The van der Waals surface area contributed by atoms with Crippen molar-refractivity contribution in [2.75, 3.05) is 25.0 Å². The molecule has 1 N–H and O–H groups in total. The van der Waals surface area contributed by atoms with Crippen LogP contribution in [0.1, 0.15) is 44.2 Å². The van der Waals surface area contributed by atoms with Crippen molar-refractivity contribution in [3.63, 3.8) is 0 Å². The number of nitrogens with zero attached hydrogens (tertiary/aromatic N) is 2. The third-order valence-corrected chi connectivity index (χ3v) is 8.45. The SMILES string of the molecule is CCCN(C(=O)C1CCN(S(=O)(=O)c2ccc(C)c(C)c2)CC1)C(C)C(=O)Nc1ccccc1. The Morgan fingerprint density at radius 1 is 1.06 bits per heavy atom. The minimum atomic E-state index is -3.60. The molecule has 1 heterocycles. The molecule has 1 fully saturated rings. The maximum atomic E-state index is 13.4. The van der Waals surface area contributed by atoms with E-state index in [-0.39, 0.29) is 30.8 Å². The summed E-state index contributed by atoms with van der Waals surface area (Å²) in [6, 6.07) is 13.7. The number of amides is 2. The van der Waals surface area contributed by atoms with Crippen molar-refractivity contribution >= 4 is 27.5 Å². The first-order valence-corrected chi connectivity index (χ1v) is 13.3. The van der Waals surface area contributed by atoms with E-state index >= 15 is 0 Å². The fraction of sp³-hybridized carbons (Fsp3) is 0.462. The van der Waals surface area contributed by atoms with E-state index in [4.69, 9.17) is 0 Å². The van der Waals surface area contributed by atoms with Gasteiger partial charge in [0.25, 0.3) is 0 Å². The molecule has 0 aliphatic carbocycles. The Morgan fingerprint density at radius 2 is 1.71 bits per heavy atom. The van der Waals surface area contributed by atoms with Crippen LogP contribution in [0.15, 0.2) is 53.4 Å². The van der Waals surface area contributed by atoms with Crippen molar-refractivity contribution in [2.24, 2.45) is 5.92 Å². The summed E-state index contributed by atoms with van der Waals surface area (Å²) in [4.78, 5) is 28.1. The monoisotopic (exact) mass is 485 g/mol. The van der Waals surface area contributed by atoms with Crippen LogP contribution in [-0.2, 0) is 19.6 Å². The molecular weight excluding hydrogens is 450 g/mol. The molecule has 1 atom stereocenters. The van der Waals surface area contributed by atoms with Gasteiger partial charge in [-0.25, -0.2) is 8.42 Å². The number of carbonyl (C=O) groups is 2. The van der Waals surface area contributed by atoms with E-state index in [1.165, 1.54) is 4.31 Å². The van der Waals surface area contributed by atoms with Crippen LogP contribution in [0.3, 0.4) is 0 Å². The highest BCUT2D eigenvalue weighted by Crippen LogP contribution is 2.27. The molecule has 7 nitrogen and oxygen atoms in total. The molecule has 1 aliphatic rings. The van der Waals surface area contributed by atoms with Crippen LogP contribution in [0.5, 0.6) is 0 Å². The van der Waals surface area contributed by atoms with Gasteiger partial charge in [-0.1, -0.05) is 31.2 Å². The van der Waals surface area contributed by atoms with Crippen LogP contribution in [0.4, 0.5) is 5.69 Å². The average molecular weight is 486 g/mol. The molecule has 0 radical (unpaired) electrons. The number of sulfonamides is 1. The van der Waals surface area contributed by atoms with Crippen molar-refractivity contribution in [3.05, 3.63) is 59.7 Å². The van der Waals surface area contributed by atoms with E-state index < -0.39 is 16.1 Å². The fourth-order valence-electron chi connectivity index (χ4n) is 4.25. The van der Waals surface area contributed by atoms with Crippen LogP contribution in [-0.4, -0.2) is 55.1 Å². The number of rotatable bonds is 8. The van der Waals surface area contributed by atoms with Gasteiger partial charge in [0, 0.05) is 31.2 Å². The summed E-state index contributed by atoms with van der Waals surface area (Å²) in [5.41, 5.74) is 2.67. The molecule has 1 saturated heterocycles. The maximum Gasteiger partial charge on any atom is 0.246 e. The molecule has 2 amide bonds. The highest BCUT2D eigenvalue weighted by Gasteiger charge is 2.36. The lowest BCUT2D eigenvalue weighted by molar-refractivity contribution is -0.142. The smallest absolute Gasteiger partial charge is 0.246 e. The standard InChI is InChI=1S/C26H35N3O4S/c1-5-15-29(21(4)25(30)27-23-9-7-6-8-10-23)26(31)22-13-16-28(17-14-22)34(32,33)24-12-11-19(2)20(3)18-24/h6-12,18,21-22H,5,13-17H2,1-4H3,(H,27,30). The largest absolute Gasteiger partial charge is 0.331 e. The predicted molar refractivity (Wildman–Crippen MR) is 134 cm³/mol. The zero-order chi connectivity index (χ0) is 24.9. The van der Waals surface area contributed by atoms with Gasteiger partial charge in [-0.3, -0.25) is 9.59 Å². The molecule has 8 heteroatoms. The minimum Gasteiger partial charge on any atom is -0.331 e. The lowest BCUT2D eigenvalue weighted by Crippen LogP contribution is -2.50. The molecule has 2 aromatic rings.